The Morgan fingerprint density at radius 3 is 1.63 bits per heavy atom. The molecule has 0 aromatic carbocycles. The van der Waals surface area contributed by atoms with Crippen LogP contribution in [0.2, 0.25) is 0 Å². The molecule has 1 atom stereocenters. The van der Waals surface area contributed by atoms with Crippen molar-refractivity contribution in [3.63, 3.8) is 0 Å². The van der Waals surface area contributed by atoms with Gasteiger partial charge in [0.05, 0.1) is 0 Å². The molecule has 19 heavy (non-hydrogen) atoms. The number of carbonyl (C=O) groups excluding carboxylic acids is 2. The number of alkyl halides is 7. The van der Waals surface area contributed by atoms with Gasteiger partial charge < -0.3 is 19.8 Å². The number of carboxylic acids is 2. The minimum Gasteiger partial charge on any atom is -0.550 e. The molecule has 4 nitrogen and oxygen atoms in total. The van der Waals surface area contributed by atoms with Crippen LogP contribution in [0.3, 0.4) is 0 Å². The maximum atomic E-state index is 12.8. The summed E-state index contributed by atoms with van der Waals surface area (Å²) in [6.07, 6.45) is -10.8. The van der Waals surface area contributed by atoms with Gasteiger partial charge in [-0.1, -0.05) is 0 Å². The largest absolute Gasteiger partial charge is 0.550 e. The fourth-order valence-corrected chi connectivity index (χ4v) is 1.09. The van der Waals surface area contributed by atoms with E-state index in [9.17, 15) is 50.5 Å². The van der Waals surface area contributed by atoms with Crippen LogP contribution >= 0.6 is 0 Å². The van der Waals surface area contributed by atoms with Crippen molar-refractivity contribution in [3.8, 4) is 0 Å². The molecule has 0 bridgehead atoms. The molecule has 0 radical (unpaired) electrons. The Morgan fingerprint density at radius 1 is 0.947 bits per heavy atom. The molecule has 0 amide bonds. The summed E-state index contributed by atoms with van der Waals surface area (Å²) < 4.78 is 85.6. The van der Waals surface area contributed by atoms with Crippen molar-refractivity contribution in [1.82, 2.24) is 0 Å². The van der Waals surface area contributed by atoms with Gasteiger partial charge in [-0.25, -0.2) is 0 Å². The van der Waals surface area contributed by atoms with Gasteiger partial charge in [0.2, 0.25) is 0 Å². The highest BCUT2D eigenvalue weighted by atomic mass is 19.4. The lowest BCUT2D eigenvalue weighted by molar-refractivity contribution is -0.361. The molecule has 0 unspecified atom stereocenters. The molecule has 0 rings (SSSR count). The van der Waals surface area contributed by atoms with Crippen LogP contribution in [-0.4, -0.2) is 30.0 Å². The minimum absolute atomic E-state index is 1.67. The van der Waals surface area contributed by atoms with E-state index in [0.29, 0.717) is 0 Å². The summed E-state index contributed by atoms with van der Waals surface area (Å²) in [6.45, 7) is 0. The Morgan fingerprint density at radius 2 is 1.37 bits per heavy atom. The van der Waals surface area contributed by atoms with Gasteiger partial charge >= 0.3 is 18.0 Å². The molecule has 0 saturated carbocycles. The molecule has 0 fully saturated rings. The molecule has 0 heterocycles. The van der Waals surface area contributed by atoms with E-state index in [-0.39, 0.29) is 0 Å². The van der Waals surface area contributed by atoms with Gasteiger partial charge in [0.25, 0.3) is 0 Å². The van der Waals surface area contributed by atoms with Gasteiger partial charge in [0, 0.05) is 24.3 Å². The van der Waals surface area contributed by atoms with E-state index >= 15 is 0 Å². The number of hydrogen-bond acceptors (Lipinski definition) is 4. The topological polar surface area (TPSA) is 80.3 Å². The quantitative estimate of drug-likeness (QED) is 0.631. The van der Waals surface area contributed by atoms with Crippen LogP contribution in [0.1, 0.15) is 12.8 Å². The van der Waals surface area contributed by atoms with Crippen LogP contribution in [0.5, 0.6) is 0 Å². The summed E-state index contributed by atoms with van der Waals surface area (Å²) >= 11 is 0. The normalized spacial score (nSPS) is 15.1. The molecule has 0 aromatic rings. The van der Waals surface area contributed by atoms with Gasteiger partial charge in [0.15, 0.2) is 0 Å². The molecular formula is C8H5F7O4-2. The lowest BCUT2D eigenvalue weighted by atomic mass is 9.94. The first-order valence-electron chi connectivity index (χ1n) is 4.45. The molecule has 0 spiro atoms. The highest BCUT2D eigenvalue weighted by molar-refractivity contribution is 5.75. The number of aliphatic carboxylic acids is 2. The smallest absolute Gasteiger partial charge is 0.459 e. The van der Waals surface area contributed by atoms with Crippen molar-refractivity contribution in [2.24, 2.45) is 5.92 Å². The van der Waals surface area contributed by atoms with Crippen molar-refractivity contribution in [3.05, 3.63) is 0 Å². The van der Waals surface area contributed by atoms with Gasteiger partial charge in [-0.2, -0.15) is 30.7 Å². The Balaban J connectivity index is 5.21. The fraction of sp³-hybridized carbons (Fsp3) is 0.750. The van der Waals surface area contributed by atoms with Crippen molar-refractivity contribution < 1.29 is 50.5 Å². The van der Waals surface area contributed by atoms with Crippen molar-refractivity contribution in [2.45, 2.75) is 30.9 Å². The molecule has 11 heteroatoms. The third-order valence-corrected chi connectivity index (χ3v) is 2.06. The highest BCUT2D eigenvalue weighted by Crippen LogP contribution is 2.49. The molecule has 0 aromatic heterocycles. The van der Waals surface area contributed by atoms with Crippen LogP contribution in [0.15, 0.2) is 0 Å². The average molecular weight is 298 g/mol. The van der Waals surface area contributed by atoms with E-state index in [4.69, 9.17) is 0 Å². The number of halogens is 7. The summed E-state index contributed by atoms with van der Waals surface area (Å²) in [5.74, 6) is -19.7. The van der Waals surface area contributed by atoms with Crippen LogP contribution in [0.25, 0.3) is 0 Å². The number of hydrogen-bond donors (Lipinski definition) is 0. The van der Waals surface area contributed by atoms with E-state index < -0.39 is 48.7 Å². The molecule has 112 valence electrons. The molecule has 0 aliphatic heterocycles. The zero-order valence-electron chi connectivity index (χ0n) is 8.77. The van der Waals surface area contributed by atoms with Crippen molar-refractivity contribution in [1.29, 1.82) is 0 Å². The summed E-state index contributed by atoms with van der Waals surface area (Å²) in [6, 6.07) is 0. The Hall–Kier alpha value is -1.55. The maximum Gasteiger partial charge on any atom is 0.459 e. The van der Waals surface area contributed by atoms with E-state index in [0.717, 1.165) is 0 Å². The standard InChI is InChI=1S/C8H7F7O4/c9-6(10,7(11,12)8(13,14)15)2-3(5(18)19)1-4(16)17/h3H,1-2H2,(H,16,17)(H,18,19)/p-2/t3-/m0/s1. The molecule has 0 aliphatic rings. The molecule has 0 saturated heterocycles. The van der Waals surface area contributed by atoms with Crippen molar-refractivity contribution >= 4 is 11.9 Å². The SMILES string of the molecule is O=C([O-])C[C@@H](CC(F)(F)C(F)(F)C(F)(F)F)C(=O)[O-]. The zero-order valence-corrected chi connectivity index (χ0v) is 8.77. The van der Waals surface area contributed by atoms with E-state index in [1.165, 1.54) is 0 Å². The maximum absolute atomic E-state index is 12.8. The third-order valence-electron chi connectivity index (χ3n) is 2.06. The Bertz CT molecular complexity index is 363. The van der Waals surface area contributed by atoms with E-state index in [1.807, 2.05) is 0 Å². The molecular weight excluding hydrogens is 293 g/mol. The van der Waals surface area contributed by atoms with Crippen molar-refractivity contribution in [2.75, 3.05) is 0 Å². The number of carbonyl (C=O) groups is 2. The van der Waals surface area contributed by atoms with Crippen LogP contribution < -0.4 is 10.2 Å². The van der Waals surface area contributed by atoms with Crippen LogP contribution in [0.4, 0.5) is 30.7 Å². The second-order valence-electron chi connectivity index (χ2n) is 3.57. The van der Waals surface area contributed by atoms with E-state index in [2.05, 4.69) is 0 Å². The highest BCUT2D eigenvalue weighted by Gasteiger charge is 2.72. The summed E-state index contributed by atoms with van der Waals surface area (Å²) in [5, 5.41) is 20.2. The van der Waals surface area contributed by atoms with Crippen LogP contribution in [-0.2, 0) is 9.59 Å². The van der Waals surface area contributed by atoms with Gasteiger partial charge in [-0.05, 0) is 6.42 Å². The second kappa shape index (κ2) is 5.21. The predicted octanol–water partition coefficient (Wildman–Crippen LogP) is -0.284. The first kappa shape index (κ1) is 17.4. The Kier molecular flexibility index (Phi) is 4.79. The van der Waals surface area contributed by atoms with Crippen LogP contribution in [0, 0.1) is 5.92 Å². The monoisotopic (exact) mass is 298 g/mol. The van der Waals surface area contributed by atoms with Gasteiger partial charge in [-0.15, -0.1) is 0 Å². The zero-order chi connectivity index (χ0) is 15.6. The second-order valence-corrected chi connectivity index (χ2v) is 3.57. The molecule has 0 N–H and O–H groups in total. The number of rotatable bonds is 6. The molecule has 0 aliphatic carbocycles. The lowest BCUT2D eigenvalue weighted by Gasteiger charge is -2.31. The summed E-state index contributed by atoms with van der Waals surface area (Å²) in [4.78, 5) is 20.2. The summed E-state index contributed by atoms with van der Waals surface area (Å²) in [7, 11) is 0. The predicted molar refractivity (Wildman–Crippen MR) is 38.7 cm³/mol. The third kappa shape index (κ3) is 3.96. The first-order valence-corrected chi connectivity index (χ1v) is 4.45. The first-order chi connectivity index (χ1) is 8.22. The van der Waals surface area contributed by atoms with Gasteiger partial charge in [0.1, 0.15) is 0 Å². The Labute approximate surface area is 100 Å². The van der Waals surface area contributed by atoms with E-state index in [1.54, 1.807) is 0 Å². The average Bonchev–Trinajstić information content (AvgIpc) is 2.13. The minimum atomic E-state index is -6.62. The number of carboxylic acid groups (broad SMARTS) is 2. The van der Waals surface area contributed by atoms with Gasteiger partial charge in [-0.3, -0.25) is 0 Å². The summed E-state index contributed by atoms with van der Waals surface area (Å²) in [5.41, 5.74) is 0. The fourth-order valence-electron chi connectivity index (χ4n) is 1.09. The lowest BCUT2D eigenvalue weighted by Crippen LogP contribution is -2.54.